The maximum absolute atomic E-state index is 13.9. The van der Waals surface area contributed by atoms with Gasteiger partial charge in [-0.15, -0.1) is 0 Å². The number of rotatable bonds is 5. The molecule has 7 nitrogen and oxygen atoms in total. The molecule has 1 N–H and O–H groups in total. The lowest BCUT2D eigenvalue weighted by atomic mass is 9.86. The highest BCUT2D eigenvalue weighted by Gasteiger charge is 2.45. The predicted molar refractivity (Wildman–Crippen MR) is 124 cm³/mol. The lowest BCUT2D eigenvalue weighted by molar-refractivity contribution is -0.124. The molecule has 2 aromatic rings. The van der Waals surface area contributed by atoms with E-state index in [4.69, 9.17) is 0 Å². The van der Waals surface area contributed by atoms with Gasteiger partial charge in [0.15, 0.2) is 0 Å². The quantitative estimate of drug-likeness (QED) is 0.692. The van der Waals surface area contributed by atoms with Crippen LogP contribution < -0.4 is 10.2 Å². The van der Waals surface area contributed by atoms with Crippen LogP contribution in [0.15, 0.2) is 41.3 Å². The van der Waals surface area contributed by atoms with Crippen LogP contribution in [0.5, 0.6) is 0 Å². The minimum atomic E-state index is -3.72. The van der Waals surface area contributed by atoms with Crippen LogP contribution in [0, 0.1) is 17.6 Å². The molecule has 0 aliphatic carbocycles. The standard InChI is InChI=1S/C24H27F2N3O4S/c1-15-5-4-10-28(13-15)34(32,33)17-7-9-21-18(12-17)24(2,3)23(31)29(21)14-22(30)27-20-8-6-16(25)11-19(20)26/h6-9,11-12,15H,4-5,10,13-14H2,1-3H3,(H,27,30). The van der Waals surface area contributed by atoms with Crippen molar-refractivity contribution in [1.29, 1.82) is 0 Å². The van der Waals surface area contributed by atoms with Gasteiger partial charge >= 0.3 is 0 Å². The summed E-state index contributed by atoms with van der Waals surface area (Å²) in [4.78, 5) is 27.1. The van der Waals surface area contributed by atoms with Crippen LogP contribution in [0.1, 0.15) is 39.2 Å². The summed E-state index contributed by atoms with van der Waals surface area (Å²) in [5.41, 5.74) is -0.327. The highest BCUT2D eigenvalue weighted by Crippen LogP contribution is 2.43. The normalized spacial score (nSPS) is 20.3. The second kappa shape index (κ2) is 8.74. The number of hydrogen-bond acceptors (Lipinski definition) is 4. The fourth-order valence-electron chi connectivity index (χ4n) is 4.57. The summed E-state index contributed by atoms with van der Waals surface area (Å²) in [6.07, 6.45) is 1.78. The van der Waals surface area contributed by atoms with E-state index in [0.717, 1.165) is 25.0 Å². The smallest absolute Gasteiger partial charge is 0.244 e. The van der Waals surface area contributed by atoms with Gasteiger partial charge in [-0.1, -0.05) is 6.92 Å². The van der Waals surface area contributed by atoms with E-state index in [2.05, 4.69) is 5.32 Å². The molecular weight excluding hydrogens is 464 g/mol. The minimum Gasteiger partial charge on any atom is -0.322 e. The lowest BCUT2D eigenvalue weighted by Crippen LogP contribution is -2.40. The van der Waals surface area contributed by atoms with Gasteiger partial charge in [0.2, 0.25) is 21.8 Å². The Balaban J connectivity index is 1.60. The van der Waals surface area contributed by atoms with Crippen molar-refractivity contribution in [3.05, 3.63) is 53.6 Å². The molecule has 0 aromatic heterocycles. The summed E-state index contributed by atoms with van der Waals surface area (Å²) in [7, 11) is -3.72. The first kappa shape index (κ1) is 24.3. The van der Waals surface area contributed by atoms with Crippen molar-refractivity contribution in [2.45, 2.75) is 43.9 Å². The monoisotopic (exact) mass is 491 g/mol. The maximum atomic E-state index is 13.9. The van der Waals surface area contributed by atoms with Crippen LogP contribution in [0.3, 0.4) is 0 Å². The highest BCUT2D eigenvalue weighted by atomic mass is 32.2. The number of nitrogens with zero attached hydrogens (tertiary/aromatic N) is 2. The van der Waals surface area contributed by atoms with E-state index in [1.165, 1.54) is 27.4 Å². The third kappa shape index (κ3) is 4.32. The number of amides is 2. The molecule has 1 fully saturated rings. The van der Waals surface area contributed by atoms with E-state index in [1.807, 2.05) is 6.92 Å². The molecule has 2 aliphatic heterocycles. The molecule has 0 spiro atoms. The number of benzene rings is 2. The number of sulfonamides is 1. The van der Waals surface area contributed by atoms with Gasteiger partial charge in [0.25, 0.3) is 0 Å². The van der Waals surface area contributed by atoms with E-state index in [-0.39, 0.29) is 22.4 Å². The number of halogens is 2. The first-order chi connectivity index (χ1) is 15.9. The molecular formula is C24H27F2N3O4S. The average molecular weight is 492 g/mol. The summed E-state index contributed by atoms with van der Waals surface area (Å²) in [6, 6.07) is 7.27. The largest absolute Gasteiger partial charge is 0.322 e. The minimum absolute atomic E-state index is 0.112. The van der Waals surface area contributed by atoms with Crippen LogP contribution in [0.25, 0.3) is 0 Å². The fourth-order valence-corrected chi connectivity index (χ4v) is 6.19. The molecule has 0 radical (unpaired) electrons. The molecule has 2 aliphatic rings. The van der Waals surface area contributed by atoms with Crippen LogP contribution >= 0.6 is 0 Å². The number of piperidine rings is 1. The molecule has 2 aromatic carbocycles. The van der Waals surface area contributed by atoms with Crippen LogP contribution in [-0.4, -0.2) is 44.2 Å². The predicted octanol–water partition coefficient (Wildman–Crippen LogP) is 3.65. The van der Waals surface area contributed by atoms with Crippen LogP contribution in [0.2, 0.25) is 0 Å². The van der Waals surface area contributed by atoms with Gasteiger partial charge in [0, 0.05) is 24.8 Å². The molecule has 2 amide bonds. The van der Waals surface area contributed by atoms with E-state index in [9.17, 15) is 26.8 Å². The molecule has 1 atom stereocenters. The molecule has 1 saturated heterocycles. The number of anilines is 2. The van der Waals surface area contributed by atoms with E-state index < -0.39 is 39.5 Å². The first-order valence-corrected chi connectivity index (χ1v) is 12.6. The summed E-state index contributed by atoms with van der Waals surface area (Å²) >= 11 is 0. The Morgan fingerprint density at radius 3 is 2.59 bits per heavy atom. The average Bonchev–Trinajstić information content (AvgIpc) is 2.96. The van der Waals surface area contributed by atoms with Crippen molar-refractivity contribution in [1.82, 2.24) is 4.31 Å². The molecule has 34 heavy (non-hydrogen) atoms. The Hall–Kier alpha value is -2.85. The summed E-state index contributed by atoms with van der Waals surface area (Å²) in [6.45, 7) is 5.87. The third-order valence-electron chi connectivity index (χ3n) is 6.48. The van der Waals surface area contributed by atoms with Crippen molar-refractivity contribution in [2.24, 2.45) is 5.92 Å². The Bertz CT molecular complexity index is 1260. The summed E-state index contributed by atoms with van der Waals surface area (Å²) < 4.78 is 55.0. The maximum Gasteiger partial charge on any atom is 0.244 e. The van der Waals surface area contributed by atoms with Gasteiger partial charge in [-0.2, -0.15) is 4.31 Å². The molecule has 4 rings (SSSR count). The molecule has 1 unspecified atom stereocenters. The van der Waals surface area contributed by atoms with Crippen molar-refractivity contribution in [3.8, 4) is 0 Å². The highest BCUT2D eigenvalue weighted by molar-refractivity contribution is 7.89. The SMILES string of the molecule is CC1CCCN(S(=O)(=O)c2ccc3c(c2)C(C)(C)C(=O)N3CC(=O)Nc2ccc(F)cc2F)C1. The summed E-state index contributed by atoms with van der Waals surface area (Å²) in [5.74, 6) is -2.47. The topological polar surface area (TPSA) is 86.8 Å². The molecule has 0 saturated carbocycles. The van der Waals surface area contributed by atoms with Gasteiger partial charge in [-0.3, -0.25) is 9.59 Å². The second-order valence-electron chi connectivity index (χ2n) is 9.48. The molecule has 10 heteroatoms. The number of hydrogen-bond donors (Lipinski definition) is 1. The third-order valence-corrected chi connectivity index (χ3v) is 8.34. The Morgan fingerprint density at radius 2 is 1.91 bits per heavy atom. The van der Waals surface area contributed by atoms with Crippen molar-refractivity contribution < 1.29 is 26.8 Å². The molecule has 0 bridgehead atoms. The van der Waals surface area contributed by atoms with Crippen LogP contribution in [-0.2, 0) is 25.0 Å². The Labute approximate surface area is 197 Å². The number of fused-ring (bicyclic) bond motifs is 1. The van der Waals surface area contributed by atoms with E-state index in [0.29, 0.717) is 30.4 Å². The Kier molecular flexibility index (Phi) is 6.24. The second-order valence-corrected chi connectivity index (χ2v) is 11.4. The van der Waals surface area contributed by atoms with Crippen molar-refractivity contribution >= 4 is 33.2 Å². The summed E-state index contributed by atoms with van der Waals surface area (Å²) in [5, 5.41) is 2.35. The van der Waals surface area contributed by atoms with Crippen molar-refractivity contribution in [3.63, 3.8) is 0 Å². The number of carbonyl (C=O) groups is 2. The molecule has 182 valence electrons. The van der Waals surface area contributed by atoms with Gasteiger partial charge < -0.3 is 10.2 Å². The first-order valence-electron chi connectivity index (χ1n) is 11.1. The van der Waals surface area contributed by atoms with E-state index in [1.54, 1.807) is 13.8 Å². The zero-order valence-corrected chi connectivity index (χ0v) is 20.1. The zero-order chi connectivity index (χ0) is 24.8. The number of nitrogens with one attached hydrogen (secondary N) is 1. The van der Waals surface area contributed by atoms with Gasteiger partial charge in [0.05, 0.1) is 16.0 Å². The molecule has 2 heterocycles. The number of carbonyl (C=O) groups excluding carboxylic acids is 2. The van der Waals surface area contributed by atoms with Gasteiger partial charge in [0.1, 0.15) is 18.2 Å². The fraction of sp³-hybridized carbons (Fsp3) is 0.417. The van der Waals surface area contributed by atoms with Gasteiger partial charge in [-0.25, -0.2) is 17.2 Å². The Morgan fingerprint density at radius 1 is 1.18 bits per heavy atom. The van der Waals surface area contributed by atoms with Crippen molar-refractivity contribution in [2.75, 3.05) is 29.9 Å². The lowest BCUT2D eigenvalue weighted by Gasteiger charge is -2.30. The van der Waals surface area contributed by atoms with Crippen LogP contribution in [0.4, 0.5) is 20.2 Å². The van der Waals surface area contributed by atoms with Gasteiger partial charge in [-0.05, 0) is 68.5 Å². The zero-order valence-electron chi connectivity index (χ0n) is 19.3. The van der Waals surface area contributed by atoms with E-state index >= 15 is 0 Å².